The molecule has 1 N–H and O–H groups in total. The first-order valence-corrected chi connectivity index (χ1v) is 11.5. The average Bonchev–Trinajstić information content (AvgIpc) is 2.82. The fourth-order valence-electron chi connectivity index (χ4n) is 4.46. The molecular weight excluding hydrogens is 474 g/mol. The van der Waals surface area contributed by atoms with Gasteiger partial charge >= 0.3 is 12.4 Å². The molecule has 2 saturated heterocycles. The Morgan fingerprint density at radius 1 is 0.971 bits per heavy atom. The van der Waals surface area contributed by atoms with E-state index in [0.717, 1.165) is 57.6 Å². The van der Waals surface area contributed by atoms with Gasteiger partial charge in [-0.1, -0.05) is 6.58 Å². The molecule has 0 aromatic heterocycles. The van der Waals surface area contributed by atoms with Gasteiger partial charge < -0.3 is 10.2 Å². The van der Waals surface area contributed by atoms with Crippen LogP contribution in [0.3, 0.4) is 0 Å². The van der Waals surface area contributed by atoms with Gasteiger partial charge in [0.1, 0.15) is 0 Å². The minimum absolute atomic E-state index is 0.00607. The van der Waals surface area contributed by atoms with E-state index in [1.807, 2.05) is 0 Å². The van der Waals surface area contributed by atoms with Crippen molar-refractivity contribution in [1.29, 1.82) is 5.26 Å². The topological polar surface area (TPSA) is 59.4 Å². The highest BCUT2D eigenvalue weighted by Crippen LogP contribution is 2.36. The lowest BCUT2D eigenvalue weighted by Gasteiger charge is -2.37. The Hall–Kier alpha value is -2.74. The molecule has 1 aromatic carbocycles. The fraction of sp³-hybridized carbons (Fsp3) is 0.583. The van der Waals surface area contributed by atoms with E-state index in [9.17, 15) is 31.1 Å². The quantitative estimate of drug-likeness (QED) is 0.562. The zero-order chi connectivity index (χ0) is 25.8. The maximum absolute atomic E-state index is 13.0. The summed E-state index contributed by atoms with van der Waals surface area (Å²) < 4.78 is 78.2. The van der Waals surface area contributed by atoms with Gasteiger partial charge in [0.25, 0.3) is 5.91 Å². The summed E-state index contributed by atoms with van der Waals surface area (Å²) in [4.78, 5) is 16.8. The van der Waals surface area contributed by atoms with Crippen molar-refractivity contribution in [2.45, 2.75) is 38.0 Å². The van der Waals surface area contributed by atoms with Crippen molar-refractivity contribution < 1.29 is 31.1 Å². The van der Waals surface area contributed by atoms with Crippen molar-refractivity contribution in [3.63, 3.8) is 0 Å². The molecule has 1 amide bonds. The zero-order valence-corrected chi connectivity index (χ0v) is 19.2. The van der Waals surface area contributed by atoms with Crippen LogP contribution in [0.4, 0.5) is 26.3 Å². The summed E-state index contributed by atoms with van der Waals surface area (Å²) in [7, 11) is 0. The Labute approximate surface area is 200 Å². The van der Waals surface area contributed by atoms with E-state index < -0.39 is 35.0 Å². The van der Waals surface area contributed by atoms with E-state index in [-0.39, 0.29) is 24.4 Å². The normalized spacial score (nSPS) is 18.8. The van der Waals surface area contributed by atoms with Gasteiger partial charge in [0.05, 0.1) is 17.2 Å². The van der Waals surface area contributed by atoms with Crippen molar-refractivity contribution in [3.8, 4) is 6.07 Å². The summed E-state index contributed by atoms with van der Waals surface area (Å²) in [5.41, 5.74) is -2.69. The third-order valence-electron chi connectivity index (χ3n) is 6.64. The summed E-state index contributed by atoms with van der Waals surface area (Å²) >= 11 is 0. The highest BCUT2D eigenvalue weighted by atomic mass is 19.4. The number of hydrogen-bond acceptors (Lipinski definition) is 4. The summed E-state index contributed by atoms with van der Waals surface area (Å²) in [5.74, 6) is -0.790. The summed E-state index contributed by atoms with van der Waals surface area (Å²) in [6, 6.07) is 3.19. The molecule has 2 aliphatic rings. The number of halogens is 6. The molecule has 5 nitrogen and oxygen atoms in total. The van der Waals surface area contributed by atoms with Gasteiger partial charge in [0, 0.05) is 43.4 Å². The number of rotatable bonds is 6. The van der Waals surface area contributed by atoms with Gasteiger partial charge in [-0.25, -0.2) is 0 Å². The van der Waals surface area contributed by atoms with Gasteiger partial charge in [-0.2, -0.15) is 31.6 Å². The molecule has 2 aliphatic heterocycles. The van der Waals surface area contributed by atoms with Crippen LogP contribution in [0, 0.1) is 23.2 Å². The average molecular weight is 503 g/mol. The molecular formula is C24H28F6N4O. The standard InChI is InChI=1S/C24H28F6N4O/c1-16(34-8-4-17(13-31)5-9-34)15-33-6-2-18(3-7-33)14-32-22(35)19-10-20(23(25,26)27)12-21(11-19)24(28,29)30/h10-12,17-18H,1-9,14-15H2,(H,32,35). The molecule has 11 heteroatoms. The van der Waals surface area contributed by atoms with Crippen molar-refractivity contribution in [3.05, 3.63) is 47.2 Å². The Morgan fingerprint density at radius 3 is 2.00 bits per heavy atom. The Morgan fingerprint density at radius 2 is 1.51 bits per heavy atom. The number of benzene rings is 1. The van der Waals surface area contributed by atoms with E-state index in [1.54, 1.807) is 0 Å². The van der Waals surface area contributed by atoms with Gasteiger partial charge in [-0.15, -0.1) is 0 Å². The van der Waals surface area contributed by atoms with Gasteiger partial charge in [-0.05, 0) is 62.9 Å². The number of nitrogens with zero attached hydrogens (tertiary/aromatic N) is 3. The van der Waals surface area contributed by atoms with Crippen LogP contribution >= 0.6 is 0 Å². The van der Waals surface area contributed by atoms with Crippen LogP contribution in [-0.4, -0.2) is 55.0 Å². The highest BCUT2D eigenvalue weighted by molar-refractivity contribution is 5.94. The number of carbonyl (C=O) groups excluding carboxylic acids is 1. The zero-order valence-electron chi connectivity index (χ0n) is 19.2. The van der Waals surface area contributed by atoms with E-state index in [2.05, 4.69) is 27.8 Å². The largest absolute Gasteiger partial charge is 0.416 e. The predicted octanol–water partition coefficient (Wildman–Crippen LogP) is 4.92. The smallest absolute Gasteiger partial charge is 0.374 e. The third kappa shape index (κ3) is 7.37. The molecule has 35 heavy (non-hydrogen) atoms. The predicted molar refractivity (Wildman–Crippen MR) is 117 cm³/mol. The number of alkyl halides is 6. The van der Waals surface area contributed by atoms with Crippen molar-refractivity contribution in [1.82, 2.24) is 15.1 Å². The van der Waals surface area contributed by atoms with E-state index in [4.69, 9.17) is 5.26 Å². The minimum Gasteiger partial charge on any atom is -0.374 e. The molecule has 2 heterocycles. The van der Waals surface area contributed by atoms with E-state index in [0.29, 0.717) is 18.7 Å². The number of likely N-dealkylation sites (tertiary alicyclic amines) is 2. The second kappa shape index (κ2) is 10.9. The van der Waals surface area contributed by atoms with Gasteiger partial charge in [0.2, 0.25) is 0 Å². The van der Waals surface area contributed by atoms with Crippen LogP contribution in [0.15, 0.2) is 30.5 Å². The fourth-order valence-corrected chi connectivity index (χ4v) is 4.46. The SMILES string of the molecule is C=C(CN1CCC(CNC(=O)c2cc(C(F)(F)F)cc(C(F)(F)F)c2)CC1)N1CCC(C#N)CC1. The minimum atomic E-state index is -5.00. The first kappa shape index (κ1) is 26.9. The van der Waals surface area contributed by atoms with Gasteiger partial charge in [0.15, 0.2) is 0 Å². The Balaban J connectivity index is 1.49. The first-order chi connectivity index (χ1) is 16.4. The molecule has 0 aliphatic carbocycles. The monoisotopic (exact) mass is 502 g/mol. The molecule has 2 fully saturated rings. The van der Waals surface area contributed by atoms with Crippen LogP contribution in [-0.2, 0) is 12.4 Å². The molecule has 1 aromatic rings. The van der Waals surface area contributed by atoms with Crippen LogP contribution < -0.4 is 5.32 Å². The lowest BCUT2D eigenvalue weighted by molar-refractivity contribution is -0.143. The summed E-state index contributed by atoms with van der Waals surface area (Å²) in [6.45, 7) is 8.15. The Bertz CT molecular complexity index is 920. The lowest BCUT2D eigenvalue weighted by Crippen LogP contribution is -2.42. The second-order valence-electron chi connectivity index (χ2n) is 9.18. The second-order valence-corrected chi connectivity index (χ2v) is 9.18. The molecule has 192 valence electrons. The van der Waals surface area contributed by atoms with Gasteiger partial charge in [-0.3, -0.25) is 9.69 Å². The number of piperidine rings is 2. The molecule has 0 saturated carbocycles. The maximum atomic E-state index is 13.0. The molecule has 0 atom stereocenters. The third-order valence-corrected chi connectivity index (χ3v) is 6.64. The van der Waals surface area contributed by atoms with Crippen molar-refractivity contribution in [2.24, 2.45) is 11.8 Å². The number of hydrogen-bond donors (Lipinski definition) is 1. The maximum Gasteiger partial charge on any atom is 0.416 e. The molecule has 0 bridgehead atoms. The molecule has 0 unspecified atom stereocenters. The van der Waals surface area contributed by atoms with E-state index >= 15 is 0 Å². The van der Waals surface area contributed by atoms with Crippen LogP contribution in [0.25, 0.3) is 0 Å². The Kier molecular flexibility index (Phi) is 8.36. The van der Waals surface area contributed by atoms with Crippen molar-refractivity contribution >= 4 is 5.91 Å². The summed E-state index contributed by atoms with van der Waals surface area (Å²) in [5, 5.41) is 11.5. The molecule has 0 radical (unpaired) electrons. The van der Waals surface area contributed by atoms with E-state index in [1.165, 1.54) is 0 Å². The highest BCUT2D eigenvalue weighted by Gasteiger charge is 2.37. The molecule has 0 spiro atoms. The number of nitriles is 1. The van der Waals surface area contributed by atoms with Crippen LogP contribution in [0.1, 0.15) is 47.2 Å². The number of amides is 1. The van der Waals surface area contributed by atoms with Crippen molar-refractivity contribution in [2.75, 3.05) is 39.3 Å². The summed E-state index contributed by atoms with van der Waals surface area (Å²) in [6.07, 6.45) is -6.88. The number of carbonyl (C=O) groups is 1. The number of nitrogens with one attached hydrogen (secondary N) is 1. The first-order valence-electron chi connectivity index (χ1n) is 11.5. The van der Waals surface area contributed by atoms with Crippen LogP contribution in [0.2, 0.25) is 0 Å². The molecule has 3 rings (SSSR count). The lowest BCUT2D eigenvalue weighted by atomic mass is 9.96. The van der Waals surface area contributed by atoms with Crippen LogP contribution in [0.5, 0.6) is 0 Å².